The number of rotatable bonds is 3. The summed E-state index contributed by atoms with van der Waals surface area (Å²) in [5.41, 5.74) is 1.10. The number of anilines is 1. The van der Waals surface area contributed by atoms with E-state index in [4.69, 9.17) is 13.7 Å². The molecule has 0 fully saturated rings. The second-order valence-electron chi connectivity index (χ2n) is 7.98. The summed E-state index contributed by atoms with van der Waals surface area (Å²) in [6.07, 6.45) is 0. The third kappa shape index (κ3) is 2.79. The predicted octanol–water partition coefficient (Wildman–Crippen LogP) is 5.00. The van der Waals surface area contributed by atoms with E-state index in [9.17, 15) is 9.59 Å². The maximum atomic E-state index is 14.0. The van der Waals surface area contributed by atoms with Crippen molar-refractivity contribution in [3.8, 4) is 5.75 Å². The number of ether oxygens (including phenoxy) is 1. The van der Waals surface area contributed by atoms with Gasteiger partial charge in [-0.3, -0.25) is 14.5 Å². The summed E-state index contributed by atoms with van der Waals surface area (Å²) in [4.78, 5) is 29.0. The van der Waals surface area contributed by atoms with Gasteiger partial charge in [-0.05, 0) is 41.5 Å². The van der Waals surface area contributed by atoms with E-state index >= 15 is 0 Å². The number of carbonyl (C=O) groups excluding carboxylic acids is 1. The molecule has 0 radical (unpaired) electrons. The molecule has 3 heterocycles. The van der Waals surface area contributed by atoms with Crippen LogP contribution in [0.15, 0.2) is 80.5 Å². The number of carbonyl (C=O) groups is 1. The van der Waals surface area contributed by atoms with Crippen LogP contribution in [0.1, 0.15) is 33.5 Å². The fourth-order valence-electron chi connectivity index (χ4n) is 4.57. The fourth-order valence-corrected chi connectivity index (χ4v) is 4.57. The number of fused-ring (bicyclic) bond motifs is 4. The Kier molecular flexibility index (Phi) is 4.13. The van der Waals surface area contributed by atoms with Crippen LogP contribution in [0.5, 0.6) is 5.75 Å². The van der Waals surface area contributed by atoms with E-state index < -0.39 is 11.9 Å². The van der Waals surface area contributed by atoms with Gasteiger partial charge in [0.1, 0.15) is 17.1 Å². The van der Waals surface area contributed by atoms with Crippen LogP contribution in [0.3, 0.4) is 0 Å². The minimum atomic E-state index is -0.744. The minimum Gasteiger partial charge on any atom is -0.497 e. The summed E-state index contributed by atoms with van der Waals surface area (Å²) in [6.45, 7) is 1.74. The third-order valence-electron chi connectivity index (χ3n) is 6.04. The maximum Gasteiger partial charge on any atom is 0.296 e. The fraction of sp³-hybridized carbons (Fsp3) is 0.115. The topological polar surface area (TPSA) is 85.8 Å². The molecule has 1 atom stereocenters. The summed E-state index contributed by atoms with van der Waals surface area (Å²) < 4.78 is 16.7. The molecule has 0 bridgehead atoms. The SMILES string of the molecule is COc1cccc(C2c3c(oc4ccc5ccccc5c4c3=O)C(=O)N2c2cc(C)on2)c1. The van der Waals surface area contributed by atoms with Crippen LogP contribution in [-0.4, -0.2) is 18.2 Å². The zero-order valence-corrected chi connectivity index (χ0v) is 17.9. The normalized spacial score (nSPS) is 15.4. The molecular formula is C26H18N2O5. The van der Waals surface area contributed by atoms with Crippen molar-refractivity contribution in [2.24, 2.45) is 0 Å². The van der Waals surface area contributed by atoms with Gasteiger partial charge in [-0.25, -0.2) is 0 Å². The molecule has 7 heteroatoms. The Hall–Kier alpha value is -4.39. The molecule has 2 aromatic heterocycles. The van der Waals surface area contributed by atoms with Crippen molar-refractivity contribution in [1.82, 2.24) is 5.16 Å². The Labute approximate surface area is 187 Å². The average molecular weight is 438 g/mol. The van der Waals surface area contributed by atoms with Gasteiger partial charge in [0.25, 0.3) is 5.91 Å². The highest BCUT2D eigenvalue weighted by molar-refractivity contribution is 6.12. The standard InChI is InChI=1S/C26H18N2O5/c1-14-12-20(27-33-14)28-23(16-7-5-8-17(13-16)31-2)22-24(29)21-18-9-4-3-6-15(18)10-11-19(21)32-25(22)26(28)30/h3-13,23H,1-2H3. The van der Waals surface area contributed by atoms with Crippen molar-refractivity contribution in [2.45, 2.75) is 13.0 Å². The van der Waals surface area contributed by atoms with E-state index in [1.54, 1.807) is 32.2 Å². The molecule has 162 valence electrons. The van der Waals surface area contributed by atoms with Crippen LogP contribution < -0.4 is 15.1 Å². The molecule has 5 aromatic rings. The molecule has 1 amide bonds. The molecule has 33 heavy (non-hydrogen) atoms. The number of nitrogens with zero attached hydrogens (tertiary/aromatic N) is 2. The van der Waals surface area contributed by atoms with Gasteiger partial charge >= 0.3 is 0 Å². The van der Waals surface area contributed by atoms with Gasteiger partial charge in [-0.15, -0.1) is 0 Å². The van der Waals surface area contributed by atoms with Gasteiger partial charge in [0, 0.05) is 6.07 Å². The lowest BCUT2D eigenvalue weighted by Crippen LogP contribution is -2.29. The average Bonchev–Trinajstić information content (AvgIpc) is 3.39. The Bertz CT molecular complexity index is 1630. The second-order valence-corrected chi connectivity index (χ2v) is 7.98. The summed E-state index contributed by atoms with van der Waals surface area (Å²) >= 11 is 0. The number of hydrogen-bond donors (Lipinski definition) is 0. The van der Waals surface area contributed by atoms with Gasteiger partial charge in [0.05, 0.1) is 24.1 Å². The Morgan fingerprint density at radius 1 is 1.00 bits per heavy atom. The van der Waals surface area contributed by atoms with Crippen LogP contribution in [0, 0.1) is 6.92 Å². The summed E-state index contributed by atoms with van der Waals surface area (Å²) in [5, 5.41) is 6.20. The Balaban J connectivity index is 1.70. The highest BCUT2D eigenvalue weighted by Gasteiger charge is 2.45. The molecule has 0 spiro atoms. The van der Waals surface area contributed by atoms with E-state index in [0.29, 0.717) is 33.9 Å². The molecule has 6 rings (SSSR count). The molecule has 3 aromatic carbocycles. The number of amides is 1. The van der Waals surface area contributed by atoms with Crippen LogP contribution in [0.2, 0.25) is 0 Å². The summed E-state index contributed by atoms with van der Waals surface area (Å²) in [7, 11) is 1.57. The van der Waals surface area contributed by atoms with Gasteiger partial charge in [0.15, 0.2) is 11.2 Å². The predicted molar refractivity (Wildman–Crippen MR) is 123 cm³/mol. The van der Waals surface area contributed by atoms with Crippen LogP contribution in [0.25, 0.3) is 21.7 Å². The summed E-state index contributed by atoms with van der Waals surface area (Å²) in [6, 6.07) is 19.4. The number of aryl methyl sites for hydroxylation is 1. The molecule has 7 nitrogen and oxygen atoms in total. The van der Waals surface area contributed by atoms with Crippen molar-refractivity contribution >= 4 is 33.5 Å². The molecule has 0 aliphatic carbocycles. The summed E-state index contributed by atoms with van der Waals surface area (Å²) in [5.74, 6) is 1.04. The molecule has 0 saturated heterocycles. The molecule has 1 aliphatic heterocycles. The number of aromatic nitrogens is 1. The van der Waals surface area contributed by atoms with Crippen LogP contribution in [0.4, 0.5) is 5.82 Å². The first-order valence-electron chi connectivity index (χ1n) is 10.5. The number of methoxy groups -OCH3 is 1. The zero-order chi connectivity index (χ0) is 22.7. The lowest BCUT2D eigenvalue weighted by molar-refractivity contribution is 0.0969. The molecule has 0 saturated carbocycles. The Morgan fingerprint density at radius 2 is 1.85 bits per heavy atom. The van der Waals surface area contributed by atoms with Crippen molar-refractivity contribution in [1.29, 1.82) is 0 Å². The number of hydrogen-bond acceptors (Lipinski definition) is 6. The molecular weight excluding hydrogens is 420 g/mol. The lowest BCUT2D eigenvalue weighted by atomic mass is 9.96. The van der Waals surface area contributed by atoms with Crippen molar-refractivity contribution in [3.05, 3.63) is 99.6 Å². The molecule has 0 N–H and O–H groups in total. The van der Waals surface area contributed by atoms with Gasteiger partial charge in [0.2, 0.25) is 5.76 Å². The van der Waals surface area contributed by atoms with E-state index in [1.165, 1.54) is 4.90 Å². The smallest absolute Gasteiger partial charge is 0.296 e. The van der Waals surface area contributed by atoms with E-state index in [2.05, 4.69) is 5.16 Å². The van der Waals surface area contributed by atoms with Crippen LogP contribution >= 0.6 is 0 Å². The number of benzene rings is 3. The zero-order valence-electron chi connectivity index (χ0n) is 17.9. The lowest BCUT2D eigenvalue weighted by Gasteiger charge is -2.22. The van der Waals surface area contributed by atoms with Gasteiger partial charge in [-0.1, -0.05) is 47.6 Å². The molecule has 1 aliphatic rings. The van der Waals surface area contributed by atoms with Crippen LogP contribution in [-0.2, 0) is 0 Å². The van der Waals surface area contributed by atoms with Crippen molar-refractivity contribution in [2.75, 3.05) is 12.0 Å². The van der Waals surface area contributed by atoms with E-state index in [-0.39, 0.29) is 16.8 Å². The van der Waals surface area contributed by atoms with E-state index in [0.717, 1.165) is 10.8 Å². The van der Waals surface area contributed by atoms with E-state index in [1.807, 2.05) is 48.5 Å². The van der Waals surface area contributed by atoms with Crippen molar-refractivity contribution in [3.63, 3.8) is 0 Å². The second kappa shape index (κ2) is 7.06. The highest BCUT2D eigenvalue weighted by atomic mass is 16.5. The first-order chi connectivity index (χ1) is 16.1. The first-order valence-corrected chi connectivity index (χ1v) is 10.5. The van der Waals surface area contributed by atoms with Gasteiger partial charge < -0.3 is 13.7 Å². The Morgan fingerprint density at radius 3 is 2.64 bits per heavy atom. The quantitative estimate of drug-likeness (QED) is 0.369. The van der Waals surface area contributed by atoms with Crippen molar-refractivity contribution < 1.29 is 18.5 Å². The maximum absolute atomic E-state index is 14.0. The third-order valence-corrected chi connectivity index (χ3v) is 6.04. The molecule has 1 unspecified atom stereocenters. The monoisotopic (exact) mass is 438 g/mol. The largest absolute Gasteiger partial charge is 0.497 e. The van der Waals surface area contributed by atoms with Gasteiger partial charge in [-0.2, -0.15) is 0 Å². The highest BCUT2D eigenvalue weighted by Crippen LogP contribution is 2.42. The first kappa shape index (κ1) is 19.3. The minimum absolute atomic E-state index is 0.0104.